The lowest BCUT2D eigenvalue weighted by Crippen LogP contribution is -2.36. The number of sulfonamides is 1. The summed E-state index contributed by atoms with van der Waals surface area (Å²) in [5.74, 6) is -1.30. The Balaban J connectivity index is 1.79. The van der Waals surface area contributed by atoms with Gasteiger partial charge in [0.25, 0.3) is 0 Å². The van der Waals surface area contributed by atoms with E-state index in [2.05, 4.69) is 4.98 Å². The number of pyridine rings is 1. The zero-order valence-corrected chi connectivity index (χ0v) is 23.7. The molecule has 1 aliphatic heterocycles. The first-order chi connectivity index (χ1) is 17.9. The van der Waals surface area contributed by atoms with Crippen LogP contribution in [-0.2, 0) is 21.4 Å². The minimum absolute atomic E-state index is 0.0324. The third-order valence-corrected chi connectivity index (χ3v) is 10.2. The number of benzene rings is 1. The standard InChI is InChI=1S/C28H32N2O6S2/c1-6-21-16-30(38(34,35)25-14-29-12-11-22(25)36-21)15-20-13-19(8-7-17(20)2)26(28(4,5)27(32)33)24-10-9-23(37-24)18(3)31/h7-14,21,26H,6,15-16H2,1-5H3,(H,32,33)/t21-,26?/m0/s1. The Morgan fingerprint density at radius 3 is 2.61 bits per heavy atom. The van der Waals surface area contributed by atoms with Crippen LogP contribution in [0.25, 0.3) is 0 Å². The van der Waals surface area contributed by atoms with Crippen LogP contribution in [0.5, 0.6) is 5.75 Å². The summed E-state index contributed by atoms with van der Waals surface area (Å²) in [6.07, 6.45) is 3.12. The van der Waals surface area contributed by atoms with Crippen LogP contribution in [0.2, 0.25) is 0 Å². The van der Waals surface area contributed by atoms with Crippen molar-refractivity contribution in [2.24, 2.45) is 5.41 Å². The second-order valence-corrected chi connectivity index (χ2v) is 13.2. The summed E-state index contributed by atoms with van der Waals surface area (Å²) in [5.41, 5.74) is 1.21. The van der Waals surface area contributed by atoms with E-state index in [0.29, 0.717) is 17.0 Å². The number of aromatic nitrogens is 1. The highest BCUT2D eigenvalue weighted by Gasteiger charge is 2.40. The number of carboxylic acids is 1. The van der Waals surface area contributed by atoms with E-state index in [1.807, 2.05) is 38.1 Å². The van der Waals surface area contributed by atoms with Crippen molar-refractivity contribution in [2.45, 2.75) is 64.5 Å². The minimum Gasteiger partial charge on any atom is -0.488 e. The average molecular weight is 557 g/mol. The summed E-state index contributed by atoms with van der Waals surface area (Å²) in [5, 5.41) is 10.1. The van der Waals surface area contributed by atoms with Gasteiger partial charge in [-0.2, -0.15) is 4.31 Å². The fourth-order valence-electron chi connectivity index (χ4n) is 4.69. The van der Waals surface area contributed by atoms with Crippen LogP contribution >= 0.6 is 11.3 Å². The molecule has 1 aliphatic rings. The van der Waals surface area contributed by atoms with Gasteiger partial charge in [-0.05, 0) is 69.0 Å². The second kappa shape index (κ2) is 10.6. The molecule has 0 amide bonds. The van der Waals surface area contributed by atoms with E-state index in [1.165, 1.54) is 35.0 Å². The molecule has 38 heavy (non-hydrogen) atoms. The quantitative estimate of drug-likeness (QED) is 0.377. The highest BCUT2D eigenvalue weighted by atomic mass is 32.2. The number of fused-ring (bicyclic) bond motifs is 1. The number of ketones is 1. The minimum atomic E-state index is -3.89. The molecule has 1 aromatic carbocycles. The molecule has 2 aromatic heterocycles. The molecule has 10 heteroatoms. The van der Waals surface area contributed by atoms with Gasteiger partial charge in [0.1, 0.15) is 16.7 Å². The van der Waals surface area contributed by atoms with Gasteiger partial charge in [0.2, 0.25) is 10.0 Å². The molecule has 0 fully saturated rings. The molecule has 3 heterocycles. The zero-order chi connectivity index (χ0) is 27.8. The molecule has 0 spiro atoms. The SMILES string of the molecule is CC[C@H]1CN(Cc2cc(C(c3ccc(C(C)=O)s3)C(C)(C)C(=O)O)ccc2C)S(=O)(=O)c2cnccc2O1. The lowest BCUT2D eigenvalue weighted by Gasteiger charge is -2.31. The number of rotatable bonds is 8. The van der Waals surface area contributed by atoms with Gasteiger partial charge in [0, 0.05) is 23.5 Å². The average Bonchev–Trinajstić information content (AvgIpc) is 3.31. The molecule has 1 unspecified atom stereocenters. The number of hydrogen-bond donors (Lipinski definition) is 1. The van der Waals surface area contributed by atoms with E-state index in [4.69, 9.17) is 4.74 Å². The maximum atomic E-state index is 13.7. The van der Waals surface area contributed by atoms with Crippen molar-refractivity contribution in [3.63, 3.8) is 0 Å². The number of ether oxygens (including phenoxy) is 1. The lowest BCUT2D eigenvalue weighted by molar-refractivity contribution is -0.147. The first kappa shape index (κ1) is 27.9. The van der Waals surface area contributed by atoms with Crippen molar-refractivity contribution in [2.75, 3.05) is 6.54 Å². The van der Waals surface area contributed by atoms with Crippen molar-refractivity contribution in [1.82, 2.24) is 9.29 Å². The lowest BCUT2D eigenvalue weighted by atomic mass is 9.73. The molecule has 0 radical (unpaired) electrons. The highest BCUT2D eigenvalue weighted by Crippen LogP contribution is 2.44. The van der Waals surface area contributed by atoms with Crippen LogP contribution in [0.1, 0.15) is 71.3 Å². The Morgan fingerprint density at radius 1 is 1.24 bits per heavy atom. The Labute approximate surface area is 227 Å². The number of aryl methyl sites for hydroxylation is 1. The molecule has 4 rings (SSSR count). The third kappa shape index (κ3) is 5.25. The van der Waals surface area contributed by atoms with E-state index >= 15 is 0 Å². The normalized spacial score (nSPS) is 18.2. The van der Waals surface area contributed by atoms with Gasteiger partial charge in [0.05, 0.1) is 23.0 Å². The van der Waals surface area contributed by atoms with Gasteiger partial charge in [0.15, 0.2) is 5.78 Å². The van der Waals surface area contributed by atoms with Gasteiger partial charge >= 0.3 is 5.97 Å². The maximum absolute atomic E-state index is 13.7. The number of Topliss-reactive ketones (excluding diaryl/α,β-unsaturated/α-hetero) is 1. The predicted octanol–water partition coefficient (Wildman–Crippen LogP) is 5.26. The number of carbonyl (C=O) groups is 2. The van der Waals surface area contributed by atoms with Crippen molar-refractivity contribution in [3.8, 4) is 5.75 Å². The van der Waals surface area contributed by atoms with Gasteiger partial charge in [-0.25, -0.2) is 8.42 Å². The Bertz CT molecular complexity index is 1480. The molecule has 0 saturated carbocycles. The Kier molecular flexibility index (Phi) is 7.79. The molecule has 3 aromatic rings. The highest BCUT2D eigenvalue weighted by molar-refractivity contribution is 7.89. The number of hydrogen-bond acceptors (Lipinski definition) is 7. The van der Waals surface area contributed by atoms with Gasteiger partial charge < -0.3 is 9.84 Å². The van der Waals surface area contributed by atoms with Crippen LogP contribution in [0.15, 0.2) is 53.7 Å². The number of thiophene rings is 1. The van der Waals surface area contributed by atoms with Crippen LogP contribution in [-0.4, -0.2) is 47.2 Å². The molecule has 0 saturated heterocycles. The molecule has 1 N–H and O–H groups in total. The van der Waals surface area contributed by atoms with E-state index in [1.54, 1.807) is 26.0 Å². The fraction of sp³-hybridized carbons (Fsp3) is 0.393. The van der Waals surface area contributed by atoms with Crippen molar-refractivity contribution in [1.29, 1.82) is 0 Å². The molecule has 8 nitrogen and oxygen atoms in total. The number of carboxylic acid groups (broad SMARTS) is 1. The predicted molar refractivity (Wildman–Crippen MR) is 145 cm³/mol. The fourth-order valence-corrected chi connectivity index (χ4v) is 7.42. The number of carbonyl (C=O) groups excluding carboxylic acids is 1. The summed E-state index contributed by atoms with van der Waals surface area (Å²) in [6.45, 7) is 8.94. The summed E-state index contributed by atoms with van der Waals surface area (Å²) in [7, 11) is -3.89. The first-order valence-electron chi connectivity index (χ1n) is 12.4. The number of aliphatic carboxylic acids is 1. The molecule has 2 atom stereocenters. The van der Waals surface area contributed by atoms with Crippen LogP contribution in [0.3, 0.4) is 0 Å². The first-order valence-corrected chi connectivity index (χ1v) is 14.7. The van der Waals surface area contributed by atoms with Crippen LogP contribution < -0.4 is 4.74 Å². The maximum Gasteiger partial charge on any atom is 0.310 e. The second-order valence-electron chi connectivity index (χ2n) is 10.2. The molecule has 0 aliphatic carbocycles. The van der Waals surface area contributed by atoms with E-state index in [9.17, 15) is 23.1 Å². The Hall–Kier alpha value is -3.08. The largest absolute Gasteiger partial charge is 0.488 e. The molecule has 202 valence electrons. The summed E-state index contributed by atoms with van der Waals surface area (Å²) in [6, 6.07) is 10.8. The van der Waals surface area contributed by atoms with E-state index in [0.717, 1.165) is 21.6 Å². The molecular weight excluding hydrogens is 524 g/mol. The van der Waals surface area contributed by atoms with Crippen molar-refractivity contribution >= 4 is 33.1 Å². The molecule has 0 bridgehead atoms. The zero-order valence-electron chi connectivity index (χ0n) is 22.1. The monoisotopic (exact) mass is 556 g/mol. The Morgan fingerprint density at radius 2 is 1.97 bits per heavy atom. The smallest absolute Gasteiger partial charge is 0.310 e. The van der Waals surface area contributed by atoms with Gasteiger partial charge in [-0.3, -0.25) is 14.6 Å². The summed E-state index contributed by atoms with van der Waals surface area (Å²) in [4.78, 5) is 29.7. The topological polar surface area (TPSA) is 114 Å². The third-order valence-electron chi connectivity index (χ3n) is 7.11. The van der Waals surface area contributed by atoms with E-state index in [-0.39, 0.29) is 29.9 Å². The number of nitrogens with zero attached hydrogens (tertiary/aromatic N) is 2. The molecular formula is C28H32N2O6S2. The van der Waals surface area contributed by atoms with Gasteiger partial charge in [-0.1, -0.05) is 25.1 Å². The van der Waals surface area contributed by atoms with Crippen LogP contribution in [0.4, 0.5) is 0 Å². The van der Waals surface area contributed by atoms with E-state index < -0.39 is 27.3 Å². The van der Waals surface area contributed by atoms with Gasteiger partial charge in [-0.15, -0.1) is 11.3 Å². The van der Waals surface area contributed by atoms with Crippen molar-refractivity contribution < 1.29 is 27.9 Å². The van der Waals surface area contributed by atoms with Crippen LogP contribution in [0, 0.1) is 12.3 Å². The van der Waals surface area contributed by atoms with Crippen molar-refractivity contribution in [3.05, 3.63) is 75.2 Å². The summed E-state index contributed by atoms with van der Waals surface area (Å²) >= 11 is 1.29. The summed E-state index contributed by atoms with van der Waals surface area (Å²) < 4.78 is 34.7.